The number of esters is 1. The van der Waals surface area contributed by atoms with Crippen LogP contribution in [0.15, 0.2) is 92.0 Å². The van der Waals surface area contributed by atoms with Crippen molar-refractivity contribution in [2.24, 2.45) is 5.92 Å². The predicted molar refractivity (Wildman–Crippen MR) is 167 cm³/mol. The molecule has 0 aromatic heterocycles. The van der Waals surface area contributed by atoms with Gasteiger partial charge in [0.2, 0.25) is 0 Å². The molecule has 0 heterocycles. The van der Waals surface area contributed by atoms with E-state index in [1.165, 1.54) is 0 Å². The third-order valence-corrected chi connectivity index (χ3v) is 7.05. The molecule has 0 bridgehead atoms. The van der Waals surface area contributed by atoms with E-state index < -0.39 is 0 Å². The van der Waals surface area contributed by atoms with E-state index in [1.807, 2.05) is 55.6 Å². The summed E-state index contributed by atoms with van der Waals surface area (Å²) < 4.78 is 12.9. The van der Waals surface area contributed by atoms with E-state index in [1.54, 1.807) is 0 Å². The molecule has 3 aromatic rings. The maximum atomic E-state index is 13.3. The standard InChI is InChI=1S/C36H45NO3/c1-6-13-27-19-21-34(39-33(23-24-37-5)29-17-11-10-12-18-29)31(25-27)32-26-28(14-7-2)20-22-35(32)40-36(38)30(15-8-3)16-9-4/h6-7,10-12,17-22,25-26,30,33,37H,1-2,8-9,13-16,23-24H2,3-5H3. The lowest BCUT2D eigenvalue weighted by atomic mass is 9.96. The Morgan fingerprint density at radius 2 is 1.40 bits per heavy atom. The van der Waals surface area contributed by atoms with Crippen LogP contribution < -0.4 is 14.8 Å². The van der Waals surface area contributed by atoms with Crippen molar-refractivity contribution in [1.82, 2.24) is 5.32 Å². The highest BCUT2D eigenvalue weighted by atomic mass is 16.5. The van der Waals surface area contributed by atoms with Crippen molar-refractivity contribution >= 4 is 5.97 Å². The number of benzene rings is 3. The van der Waals surface area contributed by atoms with E-state index in [-0.39, 0.29) is 18.0 Å². The highest BCUT2D eigenvalue weighted by Gasteiger charge is 2.23. The van der Waals surface area contributed by atoms with Crippen molar-refractivity contribution in [1.29, 1.82) is 0 Å². The molecule has 0 spiro atoms. The average Bonchev–Trinajstić information content (AvgIpc) is 2.97. The van der Waals surface area contributed by atoms with Gasteiger partial charge in [0, 0.05) is 17.5 Å². The first-order chi connectivity index (χ1) is 19.5. The second kappa shape index (κ2) is 16.5. The number of hydrogen-bond acceptors (Lipinski definition) is 4. The average molecular weight is 540 g/mol. The molecular formula is C36H45NO3. The van der Waals surface area contributed by atoms with Crippen molar-refractivity contribution in [3.05, 3.63) is 109 Å². The fraction of sp³-hybridized carbons (Fsp3) is 0.361. The summed E-state index contributed by atoms with van der Waals surface area (Å²) in [5.41, 5.74) is 5.08. The van der Waals surface area contributed by atoms with Gasteiger partial charge in [0.15, 0.2) is 0 Å². The number of hydrogen-bond donors (Lipinski definition) is 1. The first kappa shape index (κ1) is 30.9. The molecule has 0 amide bonds. The van der Waals surface area contributed by atoms with Gasteiger partial charge in [-0.25, -0.2) is 0 Å². The molecule has 40 heavy (non-hydrogen) atoms. The lowest BCUT2D eigenvalue weighted by molar-refractivity contribution is -0.139. The number of carbonyl (C=O) groups is 1. The van der Waals surface area contributed by atoms with E-state index in [4.69, 9.17) is 9.47 Å². The maximum absolute atomic E-state index is 13.3. The van der Waals surface area contributed by atoms with Crippen LogP contribution in [-0.4, -0.2) is 19.6 Å². The zero-order valence-electron chi connectivity index (χ0n) is 24.5. The quantitative estimate of drug-likeness (QED) is 0.106. The van der Waals surface area contributed by atoms with E-state index >= 15 is 0 Å². The number of rotatable bonds is 17. The monoisotopic (exact) mass is 539 g/mol. The first-order valence-corrected chi connectivity index (χ1v) is 14.6. The highest BCUT2D eigenvalue weighted by Crippen LogP contribution is 2.41. The van der Waals surface area contributed by atoms with Gasteiger partial charge in [-0.15, -0.1) is 13.2 Å². The SMILES string of the molecule is C=CCc1ccc(OC(=O)C(CCC)CCC)c(-c2cc(CC=C)ccc2OC(CCNC)c2ccccc2)c1. The molecule has 0 aliphatic heterocycles. The molecule has 0 radical (unpaired) electrons. The van der Waals surface area contributed by atoms with Crippen molar-refractivity contribution in [2.75, 3.05) is 13.6 Å². The molecule has 1 unspecified atom stereocenters. The molecule has 0 saturated heterocycles. The number of ether oxygens (including phenoxy) is 2. The van der Waals surface area contributed by atoms with Crippen LogP contribution in [0.1, 0.15) is 68.7 Å². The highest BCUT2D eigenvalue weighted by molar-refractivity contribution is 5.82. The molecule has 0 fully saturated rings. The third-order valence-electron chi connectivity index (χ3n) is 7.05. The molecule has 3 aromatic carbocycles. The lowest BCUT2D eigenvalue weighted by Gasteiger charge is -2.23. The molecule has 1 atom stereocenters. The van der Waals surface area contributed by atoms with Crippen LogP contribution in [-0.2, 0) is 17.6 Å². The zero-order chi connectivity index (χ0) is 28.7. The smallest absolute Gasteiger partial charge is 0.314 e. The van der Waals surface area contributed by atoms with Gasteiger partial charge in [-0.1, -0.05) is 81.3 Å². The molecule has 4 heteroatoms. The van der Waals surface area contributed by atoms with E-state index in [0.717, 1.165) is 78.6 Å². The molecule has 3 rings (SSSR count). The zero-order valence-corrected chi connectivity index (χ0v) is 24.5. The predicted octanol–water partition coefficient (Wildman–Crippen LogP) is 8.66. The lowest BCUT2D eigenvalue weighted by Crippen LogP contribution is -2.21. The van der Waals surface area contributed by atoms with Crippen LogP contribution in [0.5, 0.6) is 11.5 Å². The first-order valence-electron chi connectivity index (χ1n) is 14.6. The minimum absolute atomic E-state index is 0.109. The van der Waals surface area contributed by atoms with Gasteiger partial charge < -0.3 is 14.8 Å². The van der Waals surface area contributed by atoms with Gasteiger partial charge in [0.1, 0.15) is 17.6 Å². The Hall–Kier alpha value is -3.63. The van der Waals surface area contributed by atoms with Crippen molar-refractivity contribution in [2.45, 2.75) is 64.9 Å². The van der Waals surface area contributed by atoms with Crippen LogP contribution in [0.4, 0.5) is 0 Å². The van der Waals surface area contributed by atoms with Gasteiger partial charge in [-0.3, -0.25) is 4.79 Å². The van der Waals surface area contributed by atoms with Gasteiger partial charge >= 0.3 is 5.97 Å². The normalized spacial score (nSPS) is 11.7. The number of nitrogens with one attached hydrogen (secondary N) is 1. The molecule has 4 nitrogen and oxygen atoms in total. The van der Waals surface area contributed by atoms with Crippen LogP contribution >= 0.6 is 0 Å². The second-order valence-electron chi connectivity index (χ2n) is 10.3. The summed E-state index contributed by atoms with van der Waals surface area (Å²) >= 11 is 0. The summed E-state index contributed by atoms with van der Waals surface area (Å²) in [4.78, 5) is 13.3. The summed E-state index contributed by atoms with van der Waals surface area (Å²) in [7, 11) is 1.95. The summed E-state index contributed by atoms with van der Waals surface area (Å²) in [6, 6.07) is 22.6. The molecule has 0 saturated carbocycles. The van der Waals surface area contributed by atoms with Crippen LogP contribution in [0, 0.1) is 5.92 Å². The summed E-state index contributed by atoms with van der Waals surface area (Å²) in [6.45, 7) is 12.9. The largest absolute Gasteiger partial charge is 0.485 e. The Bertz CT molecular complexity index is 1230. The Labute approximate surface area is 241 Å². The molecule has 0 aliphatic rings. The summed E-state index contributed by atoms with van der Waals surface area (Å²) in [6.07, 6.45) is 9.43. The molecule has 1 N–H and O–H groups in total. The third kappa shape index (κ3) is 8.69. The minimum atomic E-state index is -0.165. The van der Waals surface area contributed by atoms with Gasteiger partial charge in [-0.2, -0.15) is 0 Å². The number of carbonyl (C=O) groups excluding carboxylic acids is 1. The van der Waals surface area contributed by atoms with Crippen LogP contribution in [0.25, 0.3) is 11.1 Å². The fourth-order valence-electron chi connectivity index (χ4n) is 5.01. The minimum Gasteiger partial charge on any atom is -0.485 e. The van der Waals surface area contributed by atoms with Gasteiger partial charge in [0.05, 0.1) is 5.92 Å². The van der Waals surface area contributed by atoms with E-state index in [9.17, 15) is 4.79 Å². The Morgan fingerprint density at radius 1 is 0.825 bits per heavy atom. The summed E-state index contributed by atoms with van der Waals surface area (Å²) in [5, 5.41) is 3.25. The van der Waals surface area contributed by atoms with Gasteiger partial charge in [0.25, 0.3) is 0 Å². The number of allylic oxidation sites excluding steroid dienone is 2. The van der Waals surface area contributed by atoms with Crippen LogP contribution in [0.3, 0.4) is 0 Å². The van der Waals surface area contributed by atoms with Crippen molar-refractivity contribution < 1.29 is 14.3 Å². The molecule has 212 valence electrons. The Kier molecular flexibility index (Phi) is 12.7. The maximum Gasteiger partial charge on any atom is 0.314 e. The second-order valence-corrected chi connectivity index (χ2v) is 10.3. The Balaban J connectivity index is 2.12. The van der Waals surface area contributed by atoms with Crippen LogP contribution in [0.2, 0.25) is 0 Å². The molecular weight excluding hydrogens is 494 g/mol. The van der Waals surface area contributed by atoms with Gasteiger partial charge in [-0.05, 0) is 80.2 Å². The molecule has 0 aliphatic carbocycles. The van der Waals surface area contributed by atoms with Crippen molar-refractivity contribution in [3.63, 3.8) is 0 Å². The van der Waals surface area contributed by atoms with Crippen molar-refractivity contribution in [3.8, 4) is 22.6 Å². The fourth-order valence-corrected chi connectivity index (χ4v) is 5.01. The van der Waals surface area contributed by atoms with E-state index in [0.29, 0.717) is 12.2 Å². The summed E-state index contributed by atoms with van der Waals surface area (Å²) in [5.74, 6) is 1.04. The van der Waals surface area contributed by atoms with E-state index in [2.05, 4.69) is 62.7 Å². The topological polar surface area (TPSA) is 47.6 Å². The Morgan fingerprint density at radius 3 is 1.95 bits per heavy atom.